The van der Waals surface area contributed by atoms with Crippen LogP contribution in [-0.2, 0) is 6.42 Å². The largest absolute Gasteiger partial charge is 0.489 e. The maximum Gasteiger partial charge on any atom is 0.191 e. The van der Waals surface area contributed by atoms with Crippen molar-refractivity contribution in [2.45, 2.75) is 40.2 Å². The van der Waals surface area contributed by atoms with Gasteiger partial charge in [-0.25, -0.2) is 14.4 Å². The molecule has 7 heteroatoms. The van der Waals surface area contributed by atoms with E-state index in [1.54, 1.807) is 23.5 Å². The minimum atomic E-state index is -0.304. The van der Waals surface area contributed by atoms with E-state index in [2.05, 4.69) is 20.6 Å². The maximum absolute atomic E-state index is 13.2. The molecule has 0 bridgehead atoms. The van der Waals surface area contributed by atoms with Crippen molar-refractivity contribution in [2.75, 3.05) is 19.6 Å². The van der Waals surface area contributed by atoms with Crippen molar-refractivity contribution in [1.82, 2.24) is 15.6 Å². The lowest BCUT2D eigenvalue weighted by molar-refractivity contribution is 0.229. The highest BCUT2D eigenvalue weighted by molar-refractivity contribution is 7.11. The zero-order chi connectivity index (χ0) is 18.9. The Bertz CT molecular complexity index is 732. The van der Waals surface area contributed by atoms with Crippen LogP contribution in [0.4, 0.5) is 4.39 Å². The lowest BCUT2D eigenvalue weighted by atomic mass is 10.3. The number of guanidine groups is 1. The van der Waals surface area contributed by atoms with E-state index in [0.29, 0.717) is 12.3 Å². The number of aliphatic imine (C=N–C) groups is 1. The number of benzene rings is 1. The molecule has 0 fully saturated rings. The van der Waals surface area contributed by atoms with Crippen LogP contribution in [0.15, 0.2) is 29.3 Å². The second-order valence-electron chi connectivity index (χ2n) is 6.02. The number of nitrogens with zero attached hydrogens (tertiary/aromatic N) is 2. The molecule has 1 aromatic heterocycles. The highest BCUT2D eigenvalue weighted by Crippen LogP contribution is 2.17. The molecule has 0 radical (unpaired) electrons. The van der Waals surface area contributed by atoms with Crippen LogP contribution in [0.2, 0.25) is 0 Å². The third-order valence-corrected chi connectivity index (χ3v) is 4.76. The molecule has 0 saturated carbocycles. The van der Waals surface area contributed by atoms with E-state index in [-0.39, 0.29) is 11.9 Å². The molecule has 1 aromatic carbocycles. The zero-order valence-corrected chi connectivity index (χ0v) is 16.6. The molecule has 2 aromatic rings. The van der Waals surface area contributed by atoms with E-state index in [0.717, 1.165) is 36.2 Å². The highest BCUT2D eigenvalue weighted by atomic mass is 32.1. The van der Waals surface area contributed by atoms with Crippen molar-refractivity contribution in [3.63, 3.8) is 0 Å². The van der Waals surface area contributed by atoms with Crippen LogP contribution in [-0.4, -0.2) is 36.7 Å². The number of aromatic nitrogens is 1. The number of nitrogens with one attached hydrogen (secondary N) is 2. The normalized spacial score (nSPS) is 12.7. The third kappa shape index (κ3) is 6.63. The molecule has 26 heavy (non-hydrogen) atoms. The van der Waals surface area contributed by atoms with Gasteiger partial charge < -0.3 is 15.4 Å². The van der Waals surface area contributed by atoms with Crippen LogP contribution in [0.3, 0.4) is 0 Å². The quantitative estimate of drug-likeness (QED) is 0.546. The fourth-order valence-corrected chi connectivity index (χ4v) is 3.41. The summed E-state index contributed by atoms with van der Waals surface area (Å²) >= 11 is 1.74. The second-order valence-corrected chi connectivity index (χ2v) is 7.31. The van der Waals surface area contributed by atoms with Crippen molar-refractivity contribution < 1.29 is 9.13 Å². The topological polar surface area (TPSA) is 58.5 Å². The first-order valence-electron chi connectivity index (χ1n) is 8.85. The second kappa shape index (κ2) is 10.1. The maximum atomic E-state index is 13.2. The van der Waals surface area contributed by atoms with Crippen LogP contribution in [0.5, 0.6) is 5.75 Å². The van der Waals surface area contributed by atoms with Gasteiger partial charge in [-0.15, -0.1) is 11.3 Å². The summed E-state index contributed by atoms with van der Waals surface area (Å²) in [6.07, 6.45) is 0.760. The summed E-state index contributed by atoms with van der Waals surface area (Å²) in [5.41, 5.74) is 1.10. The molecular weight excluding hydrogens is 351 g/mol. The number of aryl methyl sites for hydroxylation is 2. The number of halogens is 1. The van der Waals surface area contributed by atoms with E-state index in [4.69, 9.17) is 4.74 Å². The van der Waals surface area contributed by atoms with Crippen molar-refractivity contribution >= 4 is 17.3 Å². The Balaban J connectivity index is 1.84. The standard InChI is InChI=1S/C19H27FN4OS/c1-5-21-19(22-10-9-18-14(3)24-15(4)26-18)23-12-13(2)25-17-8-6-7-16(20)11-17/h6-8,11,13H,5,9-10,12H2,1-4H3,(H2,21,22,23). The smallest absolute Gasteiger partial charge is 0.191 e. The first-order chi connectivity index (χ1) is 12.5. The lowest BCUT2D eigenvalue weighted by Crippen LogP contribution is -2.39. The number of rotatable bonds is 8. The zero-order valence-electron chi connectivity index (χ0n) is 15.8. The Morgan fingerprint density at radius 3 is 2.81 bits per heavy atom. The highest BCUT2D eigenvalue weighted by Gasteiger charge is 2.07. The van der Waals surface area contributed by atoms with Gasteiger partial charge in [-0.3, -0.25) is 0 Å². The average Bonchev–Trinajstić information content (AvgIpc) is 2.90. The Labute approximate surface area is 158 Å². The molecule has 0 saturated heterocycles. The lowest BCUT2D eigenvalue weighted by Gasteiger charge is -2.15. The van der Waals surface area contributed by atoms with Gasteiger partial charge >= 0.3 is 0 Å². The minimum absolute atomic E-state index is 0.154. The summed E-state index contributed by atoms with van der Waals surface area (Å²) in [6, 6.07) is 6.15. The van der Waals surface area contributed by atoms with Gasteiger partial charge in [0.25, 0.3) is 0 Å². The van der Waals surface area contributed by atoms with Crippen molar-refractivity contribution in [2.24, 2.45) is 4.99 Å². The predicted octanol–water partition coefficient (Wildman–Crippen LogP) is 3.46. The molecule has 0 aliphatic rings. The Hall–Kier alpha value is -2.15. The monoisotopic (exact) mass is 378 g/mol. The fourth-order valence-electron chi connectivity index (χ4n) is 2.47. The third-order valence-electron chi connectivity index (χ3n) is 3.63. The fraction of sp³-hybridized carbons (Fsp3) is 0.474. The van der Waals surface area contributed by atoms with Crippen molar-refractivity contribution in [3.8, 4) is 5.75 Å². The van der Waals surface area contributed by atoms with E-state index >= 15 is 0 Å². The van der Waals surface area contributed by atoms with Gasteiger partial charge in [-0.05, 0) is 39.8 Å². The van der Waals surface area contributed by atoms with Crippen LogP contribution >= 0.6 is 11.3 Å². The van der Waals surface area contributed by atoms with Gasteiger partial charge in [0.15, 0.2) is 5.96 Å². The summed E-state index contributed by atoms with van der Waals surface area (Å²) < 4.78 is 18.9. The van der Waals surface area contributed by atoms with Crippen LogP contribution < -0.4 is 15.4 Å². The molecule has 2 N–H and O–H groups in total. The summed E-state index contributed by atoms with van der Waals surface area (Å²) in [6.45, 7) is 10.1. The molecule has 0 amide bonds. The van der Waals surface area contributed by atoms with E-state index in [1.807, 2.05) is 27.7 Å². The van der Waals surface area contributed by atoms with Gasteiger partial charge in [-0.1, -0.05) is 6.07 Å². The molecule has 142 valence electrons. The number of hydrogen-bond donors (Lipinski definition) is 2. The van der Waals surface area contributed by atoms with Crippen molar-refractivity contribution in [3.05, 3.63) is 45.7 Å². The van der Waals surface area contributed by atoms with Crippen molar-refractivity contribution in [1.29, 1.82) is 0 Å². The molecular formula is C19H27FN4OS. The summed E-state index contributed by atoms with van der Waals surface area (Å²) in [5, 5.41) is 7.66. The average molecular weight is 379 g/mol. The first kappa shape index (κ1) is 20.2. The minimum Gasteiger partial charge on any atom is -0.489 e. The molecule has 1 unspecified atom stereocenters. The Kier molecular flexibility index (Phi) is 7.84. The Morgan fingerprint density at radius 1 is 1.35 bits per heavy atom. The molecule has 0 spiro atoms. The predicted molar refractivity (Wildman–Crippen MR) is 106 cm³/mol. The van der Waals surface area contributed by atoms with E-state index in [9.17, 15) is 4.39 Å². The molecule has 0 aliphatic heterocycles. The summed E-state index contributed by atoms with van der Waals surface area (Å²) in [4.78, 5) is 10.3. The molecule has 5 nitrogen and oxygen atoms in total. The molecule has 2 rings (SSSR count). The SMILES string of the molecule is CCNC(=NCC(C)Oc1cccc(F)c1)NCCc1sc(C)nc1C. The van der Waals surface area contributed by atoms with E-state index < -0.39 is 0 Å². The van der Waals surface area contributed by atoms with Gasteiger partial charge in [0, 0.05) is 30.5 Å². The van der Waals surface area contributed by atoms with E-state index in [1.165, 1.54) is 17.0 Å². The number of hydrogen-bond acceptors (Lipinski definition) is 4. The van der Waals surface area contributed by atoms with Gasteiger partial charge in [-0.2, -0.15) is 0 Å². The summed E-state index contributed by atoms with van der Waals surface area (Å²) in [5.74, 6) is 0.963. The van der Waals surface area contributed by atoms with Crippen LogP contribution in [0, 0.1) is 19.7 Å². The van der Waals surface area contributed by atoms with Crippen LogP contribution in [0.25, 0.3) is 0 Å². The van der Waals surface area contributed by atoms with Crippen LogP contribution in [0.1, 0.15) is 29.4 Å². The first-order valence-corrected chi connectivity index (χ1v) is 9.67. The van der Waals surface area contributed by atoms with Gasteiger partial charge in [0.2, 0.25) is 0 Å². The molecule has 1 atom stereocenters. The number of thiazole rings is 1. The van der Waals surface area contributed by atoms with Gasteiger partial charge in [0.05, 0.1) is 17.2 Å². The molecule has 1 heterocycles. The Morgan fingerprint density at radius 2 is 2.15 bits per heavy atom. The summed E-state index contributed by atoms with van der Waals surface area (Å²) in [7, 11) is 0. The number of ether oxygens (including phenoxy) is 1. The van der Waals surface area contributed by atoms with Gasteiger partial charge in [0.1, 0.15) is 17.7 Å². The molecule has 0 aliphatic carbocycles.